The van der Waals surface area contributed by atoms with E-state index in [1.54, 1.807) is 0 Å². The van der Waals surface area contributed by atoms with Gasteiger partial charge >= 0.3 is 0 Å². The maximum Gasteiger partial charge on any atom is 0.164 e. The molecular formula is C27H17Br2N3. The summed E-state index contributed by atoms with van der Waals surface area (Å²) in [5, 5.41) is 0. The first-order chi connectivity index (χ1) is 15.7. The summed E-state index contributed by atoms with van der Waals surface area (Å²) in [7, 11) is 0. The van der Waals surface area contributed by atoms with Gasteiger partial charge in [-0.15, -0.1) is 0 Å². The second kappa shape index (κ2) is 9.15. The van der Waals surface area contributed by atoms with Crippen molar-refractivity contribution in [1.29, 1.82) is 0 Å². The molecule has 1 aromatic heterocycles. The van der Waals surface area contributed by atoms with E-state index in [0.29, 0.717) is 17.5 Å². The van der Waals surface area contributed by atoms with E-state index in [0.717, 1.165) is 31.2 Å². The summed E-state index contributed by atoms with van der Waals surface area (Å²) in [5.74, 6) is 1.94. The topological polar surface area (TPSA) is 38.7 Å². The van der Waals surface area contributed by atoms with E-state index in [-0.39, 0.29) is 0 Å². The van der Waals surface area contributed by atoms with Crippen molar-refractivity contribution in [2.75, 3.05) is 0 Å². The Labute approximate surface area is 203 Å². The van der Waals surface area contributed by atoms with Crippen molar-refractivity contribution in [2.24, 2.45) is 0 Å². The molecule has 0 bridgehead atoms. The Bertz CT molecular complexity index is 1290. The standard InChI is InChI=1S/C27H17Br2N3/c28-23-14-10-21(11-15-23)26-30-25(31-27(32-26)22-12-16-24(29)17-13-22)20-8-6-19(7-9-20)18-4-2-1-3-5-18/h1-17H. The Kier molecular flexibility index (Phi) is 5.93. The molecule has 0 aliphatic rings. The highest BCUT2D eigenvalue weighted by molar-refractivity contribution is 9.10. The summed E-state index contributed by atoms with van der Waals surface area (Å²) >= 11 is 6.99. The average molecular weight is 543 g/mol. The van der Waals surface area contributed by atoms with Crippen LogP contribution in [0.4, 0.5) is 0 Å². The molecule has 0 aliphatic carbocycles. The molecule has 0 radical (unpaired) electrons. The minimum absolute atomic E-state index is 0.646. The third-order valence-electron chi connectivity index (χ3n) is 5.09. The monoisotopic (exact) mass is 541 g/mol. The number of benzene rings is 4. The Morgan fingerprint density at radius 2 is 0.656 bits per heavy atom. The molecule has 5 heteroatoms. The Morgan fingerprint density at radius 3 is 1.06 bits per heavy atom. The first kappa shape index (κ1) is 20.7. The minimum Gasteiger partial charge on any atom is -0.208 e. The number of nitrogens with zero attached hydrogens (tertiary/aromatic N) is 3. The van der Waals surface area contributed by atoms with E-state index in [1.807, 2.05) is 66.7 Å². The van der Waals surface area contributed by atoms with Gasteiger partial charge in [0.15, 0.2) is 17.5 Å². The van der Waals surface area contributed by atoms with Gasteiger partial charge in [-0.05, 0) is 35.4 Å². The van der Waals surface area contributed by atoms with Crippen LogP contribution in [0.1, 0.15) is 0 Å². The van der Waals surface area contributed by atoms with E-state index in [4.69, 9.17) is 15.0 Å². The van der Waals surface area contributed by atoms with Crippen LogP contribution in [0.5, 0.6) is 0 Å². The number of rotatable bonds is 4. The molecular weight excluding hydrogens is 526 g/mol. The van der Waals surface area contributed by atoms with Crippen LogP contribution in [0.3, 0.4) is 0 Å². The SMILES string of the molecule is Brc1ccc(-c2nc(-c3ccc(Br)cc3)nc(-c3ccc(-c4ccccc4)cc3)n2)cc1. The summed E-state index contributed by atoms with van der Waals surface area (Å²) in [6.45, 7) is 0. The number of aromatic nitrogens is 3. The van der Waals surface area contributed by atoms with Crippen LogP contribution in [0.25, 0.3) is 45.3 Å². The number of hydrogen-bond acceptors (Lipinski definition) is 3. The Hall–Kier alpha value is -3.15. The van der Waals surface area contributed by atoms with Gasteiger partial charge in [-0.1, -0.05) is 111 Å². The van der Waals surface area contributed by atoms with E-state index in [2.05, 4.69) is 68.3 Å². The zero-order valence-corrected chi connectivity index (χ0v) is 20.1. The summed E-state index contributed by atoms with van der Waals surface area (Å²) < 4.78 is 2.03. The fourth-order valence-electron chi connectivity index (χ4n) is 3.40. The van der Waals surface area contributed by atoms with Gasteiger partial charge < -0.3 is 0 Å². The second-order valence-electron chi connectivity index (χ2n) is 7.26. The number of hydrogen-bond donors (Lipinski definition) is 0. The molecule has 0 saturated heterocycles. The van der Waals surface area contributed by atoms with E-state index < -0.39 is 0 Å². The highest BCUT2D eigenvalue weighted by Gasteiger charge is 2.12. The molecule has 0 N–H and O–H groups in total. The van der Waals surface area contributed by atoms with Crippen LogP contribution in [0.15, 0.2) is 112 Å². The third kappa shape index (κ3) is 4.54. The average Bonchev–Trinajstić information content (AvgIpc) is 2.85. The molecule has 0 amide bonds. The van der Waals surface area contributed by atoms with Crippen molar-refractivity contribution in [1.82, 2.24) is 15.0 Å². The molecule has 0 aliphatic heterocycles. The molecule has 4 aromatic carbocycles. The molecule has 0 saturated carbocycles. The molecule has 5 rings (SSSR count). The fraction of sp³-hybridized carbons (Fsp3) is 0. The first-order valence-corrected chi connectivity index (χ1v) is 11.7. The van der Waals surface area contributed by atoms with Gasteiger partial charge in [0.25, 0.3) is 0 Å². The van der Waals surface area contributed by atoms with E-state index >= 15 is 0 Å². The van der Waals surface area contributed by atoms with Crippen LogP contribution in [-0.4, -0.2) is 15.0 Å². The Morgan fingerprint density at radius 1 is 0.344 bits per heavy atom. The predicted molar refractivity (Wildman–Crippen MR) is 137 cm³/mol. The molecule has 0 atom stereocenters. The van der Waals surface area contributed by atoms with Gasteiger partial charge in [0.2, 0.25) is 0 Å². The van der Waals surface area contributed by atoms with Gasteiger partial charge in [-0.25, -0.2) is 15.0 Å². The summed E-state index contributed by atoms with van der Waals surface area (Å²) in [5.41, 5.74) is 5.17. The third-order valence-corrected chi connectivity index (χ3v) is 6.15. The van der Waals surface area contributed by atoms with Crippen molar-refractivity contribution in [2.45, 2.75) is 0 Å². The smallest absolute Gasteiger partial charge is 0.164 e. The van der Waals surface area contributed by atoms with Gasteiger partial charge in [0.1, 0.15) is 0 Å². The lowest BCUT2D eigenvalue weighted by Crippen LogP contribution is -2.00. The van der Waals surface area contributed by atoms with Gasteiger partial charge in [0, 0.05) is 25.6 Å². The lowest BCUT2D eigenvalue weighted by atomic mass is 10.0. The molecule has 1 heterocycles. The highest BCUT2D eigenvalue weighted by atomic mass is 79.9. The van der Waals surface area contributed by atoms with Crippen LogP contribution in [0, 0.1) is 0 Å². The van der Waals surface area contributed by atoms with Crippen molar-refractivity contribution in [3.8, 4) is 45.3 Å². The molecule has 5 aromatic rings. The van der Waals surface area contributed by atoms with E-state index in [1.165, 1.54) is 5.56 Å². The molecule has 32 heavy (non-hydrogen) atoms. The van der Waals surface area contributed by atoms with Crippen molar-refractivity contribution < 1.29 is 0 Å². The largest absolute Gasteiger partial charge is 0.208 e. The lowest BCUT2D eigenvalue weighted by molar-refractivity contribution is 1.07. The molecule has 3 nitrogen and oxygen atoms in total. The molecule has 154 valence electrons. The maximum absolute atomic E-state index is 4.80. The summed E-state index contributed by atoms with van der Waals surface area (Å²) in [6, 6.07) is 34.7. The molecule has 0 fully saturated rings. The van der Waals surface area contributed by atoms with Crippen LogP contribution < -0.4 is 0 Å². The zero-order chi connectivity index (χ0) is 21.9. The normalized spacial score (nSPS) is 10.8. The number of halogens is 2. The fourth-order valence-corrected chi connectivity index (χ4v) is 3.93. The highest BCUT2D eigenvalue weighted by Crippen LogP contribution is 2.28. The van der Waals surface area contributed by atoms with Crippen LogP contribution >= 0.6 is 31.9 Å². The van der Waals surface area contributed by atoms with Crippen LogP contribution in [0.2, 0.25) is 0 Å². The summed E-state index contributed by atoms with van der Waals surface area (Å²) in [6.07, 6.45) is 0. The van der Waals surface area contributed by atoms with Gasteiger partial charge in [-0.3, -0.25) is 0 Å². The maximum atomic E-state index is 4.80. The van der Waals surface area contributed by atoms with Gasteiger partial charge in [-0.2, -0.15) is 0 Å². The first-order valence-electron chi connectivity index (χ1n) is 10.1. The van der Waals surface area contributed by atoms with Crippen molar-refractivity contribution >= 4 is 31.9 Å². The lowest BCUT2D eigenvalue weighted by Gasteiger charge is -2.09. The summed E-state index contributed by atoms with van der Waals surface area (Å²) in [4.78, 5) is 14.4. The minimum atomic E-state index is 0.646. The second-order valence-corrected chi connectivity index (χ2v) is 9.09. The van der Waals surface area contributed by atoms with Crippen molar-refractivity contribution in [3.63, 3.8) is 0 Å². The molecule has 0 spiro atoms. The predicted octanol–water partition coefficient (Wildman–Crippen LogP) is 8.06. The Balaban J connectivity index is 1.60. The van der Waals surface area contributed by atoms with Crippen molar-refractivity contribution in [3.05, 3.63) is 112 Å². The van der Waals surface area contributed by atoms with Crippen LogP contribution in [-0.2, 0) is 0 Å². The molecule has 0 unspecified atom stereocenters. The quantitative estimate of drug-likeness (QED) is 0.230. The zero-order valence-electron chi connectivity index (χ0n) is 16.9. The van der Waals surface area contributed by atoms with Gasteiger partial charge in [0.05, 0.1) is 0 Å². The van der Waals surface area contributed by atoms with E-state index in [9.17, 15) is 0 Å².